The van der Waals surface area contributed by atoms with Gasteiger partial charge in [0.15, 0.2) is 0 Å². The van der Waals surface area contributed by atoms with Gasteiger partial charge in [-0.2, -0.15) is 0 Å². The van der Waals surface area contributed by atoms with Gasteiger partial charge in [-0.15, -0.1) is 0 Å². The minimum Gasteiger partial charge on any atom is -0.496 e. The van der Waals surface area contributed by atoms with Crippen LogP contribution in [0.4, 0.5) is 10.5 Å². The van der Waals surface area contributed by atoms with Crippen LogP contribution in [0.2, 0.25) is 0 Å². The molecular weight excluding hydrogens is 418 g/mol. The third-order valence-electron chi connectivity index (χ3n) is 3.94. The highest BCUT2D eigenvalue weighted by Gasteiger charge is 2.33. The van der Waals surface area contributed by atoms with Crippen molar-refractivity contribution in [2.24, 2.45) is 0 Å². The van der Waals surface area contributed by atoms with Gasteiger partial charge in [0.25, 0.3) is 11.6 Å². The molecule has 138 valence electrons. The molecule has 1 heterocycles. The fraction of sp³-hybridized carbons (Fsp3) is 0.111. The second-order valence-corrected chi connectivity index (χ2v) is 6.60. The normalized spacial score (nSPS) is 15.2. The lowest BCUT2D eigenvalue weighted by molar-refractivity contribution is -0.384. The molecule has 1 aliphatic rings. The molecule has 0 aliphatic carbocycles. The van der Waals surface area contributed by atoms with Crippen molar-refractivity contribution in [2.75, 3.05) is 7.11 Å². The Balaban J connectivity index is 1.89. The molecule has 0 spiro atoms. The summed E-state index contributed by atoms with van der Waals surface area (Å²) in [7, 11) is 1.41. The monoisotopic (exact) mass is 431 g/mol. The number of urea groups is 1. The number of halogens is 1. The topological polar surface area (TPSA) is 102 Å². The summed E-state index contributed by atoms with van der Waals surface area (Å²) in [6.07, 6.45) is 1.37. The van der Waals surface area contributed by atoms with Crippen molar-refractivity contribution in [1.29, 1.82) is 0 Å². The Morgan fingerprint density at radius 1 is 1.22 bits per heavy atom. The van der Waals surface area contributed by atoms with E-state index in [0.29, 0.717) is 11.3 Å². The summed E-state index contributed by atoms with van der Waals surface area (Å²) in [4.78, 5) is 36.3. The predicted molar refractivity (Wildman–Crippen MR) is 101 cm³/mol. The zero-order valence-corrected chi connectivity index (χ0v) is 15.7. The van der Waals surface area contributed by atoms with Crippen molar-refractivity contribution in [2.45, 2.75) is 6.54 Å². The zero-order chi connectivity index (χ0) is 19.6. The van der Waals surface area contributed by atoms with Gasteiger partial charge in [-0.1, -0.05) is 28.1 Å². The first-order valence-electron chi connectivity index (χ1n) is 7.80. The van der Waals surface area contributed by atoms with Crippen LogP contribution in [0.1, 0.15) is 11.1 Å². The Kier molecular flexibility index (Phi) is 5.22. The highest BCUT2D eigenvalue weighted by Crippen LogP contribution is 2.27. The standard InChI is InChI=1S/C18H14BrN3O5/c1-27-16-7-6-14(22(25)26)8-12(16)9-15-17(23)21(18(24)20-15)10-11-2-4-13(19)5-3-11/h2-9H,10H2,1H3,(H,20,24)/b15-9-. The molecular formula is C18H14BrN3O5. The molecule has 1 N–H and O–H groups in total. The van der Waals surface area contributed by atoms with Crippen molar-refractivity contribution >= 4 is 39.6 Å². The van der Waals surface area contributed by atoms with Crippen molar-refractivity contribution < 1.29 is 19.2 Å². The number of carbonyl (C=O) groups is 2. The van der Waals surface area contributed by atoms with Gasteiger partial charge in [0.1, 0.15) is 11.4 Å². The molecule has 0 aromatic heterocycles. The molecule has 1 fully saturated rings. The number of non-ortho nitro benzene ring substituents is 1. The van der Waals surface area contributed by atoms with E-state index < -0.39 is 16.9 Å². The van der Waals surface area contributed by atoms with Crippen molar-refractivity contribution in [3.8, 4) is 5.75 Å². The lowest BCUT2D eigenvalue weighted by Crippen LogP contribution is -2.30. The lowest BCUT2D eigenvalue weighted by Gasteiger charge is -2.11. The van der Waals surface area contributed by atoms with Gasteiger partial charge >= 0.3 is 6.03 Å². The van der Waals surface area contributed by atoms with Gasteiger partial charge in [-0.25, -0.2) is 4.79 Å². The van der Waals surface area contributed by atoms with E-state index in [2.05, 4.69) is 21.2 Å². The van der Waals surface area contributed by atoms with Crippen LogP contribution in [-0.4, -0.2) is 28.9 Å². The number of ether oxygens (including phenoxy) is 1. The molecule has 0 radical (unpaired) electrons. The fourth-order valence-electron chi connectivity index (χ4n) is 2.59. The van der Waals surface area contributed by atoms with E-state index in [1.807, 2.05) is 12.1 Å². The number of hydrogen-bond donors (Lipinski definition) is 1. The number of benzene rings is 2. The van der Waals surface area contributed by atoms with E-state index in [0.717, 1.165) is 14.9 Å². The fourth-order valence-corrected chi connectivity index (χ4v) is 2.86. The predicted octanol–water partition coefficient (Wildman–Crippen LogP) is 3.46. The van der Waals surface area contributed by atoms with E-state index in [4.69, 9.17) is 4.74 Å². The Morgan fingerprint density at radius 2 is 1.93 bits per heavy atom. The summed E-state index contributed by atoms with van der Waals surface area (Å²) < 4.78 is 6.07. The molecule has 2 aromatic rings. The molecule has 8 nitrogen and oxygen atoms in total. The zero-order valence-electron chi connectivity index (χ0n) is 14.1. The first-order chi connectivity index (χ1) is 12.9. The Bertz CT molecular complexity index is 956. The van der Waals surface area contributed by atoms with Gasteiger partial charge in [-0.05, 0) is 29.8 Å². The molecule has 3 rings (SSSR count). The molecule has 27 heavy (non-hydrogen) atoms. The van der Waals surface area contributed by atoms with Crippen LogP contribution in [0.3, 0.4) is 0 Å². The highest BCUT2D eigenvalue weighted by atomic mass is 79.9. The molecule has 1 aliphatic heterocycles. The molecule has 0 saturated carbocycles. The van der Waals surface area contributed by atoms with Gasteiger partial charge in [0.05, 0.1) is 18.6 Å². The molecule has 9 heteroatoms. The van der Waals surface area contributed by atoms with Crippen LogP contribution in [0.15, 0.2) is 52.6 Å². The number of nitro groups is 1. The molecule has 0 unspecified atom stereocenters. The van der Waals surface area contributed by atoms with E-state index in [1.165, 1.54) is 31.4 Å². The highest BCUT2D eigenvalue weighted by molar-refractivity contribution is 9.10. The van der Waals surface area contributed by atoms with Gasteiger partial charge in [-0.3, -0.25) is 19.8 Å². The van der Waals surface area contributed by atoms with Crippen LogP contribution < -0.4 is 10.1 Å². The van der Waals surface area contributed by atoms with E-state index >= 15 is 0 Å². The number of nitrogens with zero attached hydrogens (tertiary/aromatic N) is 2. The van der Waals surface area contributed by atoms with Crippen LogP contribution in [0.25, 0.3) is 6.08 Å². The number of methoxy groups -OCH3 is 1. The molecule has 3 amide bonds. The Morgan fingerprint density at radius 3 is 2.56 bits per heavy atom. The summed E-state index contributed by atoms with van der Waals surface area (Å²) in [6, 6.07) is 10.7. The first-order valence-corrected chi connectivity index (χ1v) is 8.60. The number of carbonyl (C=O) groups excluding carboxylic acids is 2. The lowest BCUT2D eigenvalue weighted by atomic mass is 10.1. The number of nitrogens with one attached hydrogen (secondary N) is 1. The summed E-state index contributed by atoms with van der Waals surface area (Å²) in [5.74, 6) is -0.169. The summed E-state index contributed by atoms with van der Waals surface area (Å²) >= 11 is 3.33. The quantitative estimate of drug-likeness (QED) is 0.338. The minimum absolute atomic E-state index is 0.0240. The van der Waals surface area contributed by atoms with Crippen molar-refractivity contribution in [3.05, 3.63) is 73.9 Å². The SMILES string of the molecule is COc1ccc([N+](=O)[O-])cc1/C=C1\NC(=O)N(Cc2ccc(Br)cc2)C1=O. The molecule has 0 bridgehead atoms. The van der Waals surface area contributed by atoms with Gasteiger partial charge in [0.2, 0.25) is 0 Å². The average molecular weight is 432 g/mol. The maximum Gasteiger partial charge on any atom is 0.329 e. The number of imide groups is 1. The summed E-state index contributed by atoms with van der Waals surface area (Å²) in [5.41, 5.74) is 0.985. The molecule has 1 saturated heterocycles. The Labute approximate surface area is 162 Å². The number of nitro benzene ring substituents is 1. The van der Waals surface area contributed by atoms with E-state index in [9.17, 15) is 19.7 Å². The Hall–Kier alpha value is -3.20. The summed E-state index contributed by atoms with van der Waals surface area (Å²) in [6.45, 7) is 0.112. The van der Waals surface area contributed by atoms with E-state index in [1.54, 1.807) is 12.1 Å². The number of amides is 3. The largest absolute Gasteiger partial charge is 0.496 e. The van der Waals surface area contributed by atoms with E-state index in [-0.39, 0.29) is 17.9 Å². The molecule has 2 aromatic carbocycles. The third-order valence-corrected chi connectivity index (χ3v) is 4.47. The minimum atomic E-state index is -0.557. The first kappa shape index (κ1) is 18.6. The van der Waals surface area contributed by atoms with Gasteiger partial charge in [0, 0.05) is 22.2 Å². The van der Waals surface area contributed by atoms with Crippen molar-refractivity contribution in [3.63, 3.8) is 0 Å². The number of rotatable bonds is 5. The maximum atomic E-state index is 12.6. The van der Waals surface area contributed by atoms with Crippen LogP contribution >= 0.6 is 15.9 Å². The van der Waals surface area contributed by atoms with Crippen LogP contribution in [-0.2, 0) is 11.3 Å². The maximum absolute atomic E-state index is 12.6. The summed E-state index contributed by atoms with van der Waals surface area (Å²) in [5, 5.41) is 13.5. The van der Waals surface area contributed by atoms with Crippen LogP contribution in [0, 0.1) is 10.1 Å². The average Bonchev–Trinajstić information content (AvgIpc) is 2.90. The van der Waals surface area contributed by atoms with Gasteiger partial charge < -0.3 is 10.1 Å². The van der Waals surface area contributed by atoms with Crippen molar-refractivity contribution in [1.82, 2.24) is 10.2 Å². The second-order valence-electron chi connectivity index (χ2n) is 5.69. The van der Waals surface area contributed by atoms with Crippen LogP contribution in [0.5, 0.6) is 5.75 Å². The third kappa shape index (κ3) is 3.98. The second kappa shape index (κ2) is 7.58. The smallest absolute Gasteiger partial charge is 0.329 e. The molecule has 0 atom stereocenters. The number of hydrogen-bond acceptors (Lipinski definition) is 5.